The third-order valence-corrected chi connectivity index (χ3v) is 5.14. The number of carboxylic acid groups (broad SMARTS) is 1. The molecule has 0 aliphatic carbocycles. The number of sulfonamides is 1. The van der Waals surface area contributed by atoms with E-state index in [1.807, 2.05) is 0 Å². The Morgan fingerprint density at radius 3 is 2.48 bits per heavy atom. The highest BCUT2D eigenvalue weighted by molar-refractivity contribution is 9.10. The molecule has 2 aromatic rings. The quantitative estimate of drug-likeness (QED) is 0.835. The number of benzene rings is 2. The summed E-state index contributed by atoms with van der Waals surface area (Å²) in [7, 11) is -3.91. The van der Waals surface area contributed by atoms with Gasteiger partial charge in [0.05, 0.1) is 16.3 Å². The van der Waals surface area contributed by atoms with Gasteiger partial charge >= 0.3 is 5.97 Å². The van der Waals surface area contributed by atoms with Crippen LogP contribution in [0.3, 0.4) is 0 Å². The largest absolute Gasteiger partial charge is 0.478 e. The summed E-state index contributed by atoms with van der Waals surface area (Å²) in [5.41, 5.74) is 0.0879. The van der Waals surface area contributed by atoms with E-state index in [2.05, 4.69) is 20.7 Å². The molecule has 5 nitrogen and oxygen atoms in total. The molecular weight excluding hydrogens is 382 g/mol. The van der Waals surface area contributed by atoms with Crippen molar-refractivity contribution in [2.75, 3.05) is 4.72 Å². The molecule has 2 N–H and O–H groups in total. The number of carboxylic acids is 1. The van der Waals surface area contributed by atoms with Gasteiger partial charge in [0, 0.05) is 4.47 Å². The van der Waals surface area contributed by atoms with E-state index in [1.54, 1.807) is 12.1 Å². The number of nitrogens with one attached hydrogen (secondary N) is 1. The lowest BCUT2D eigenvalue weighted by molar-refractivity contribution is 0.0697. The fourth-order valence-electron chi connectivity index (χ4n) is 1.60. The van der Waals surface area contributed by atoms with Crippen molar-refractivity contribution < 1.29 is 18.3 Å². The number of carbonyl (C=O) groups is 1. The summed E-state index contributed by atoms with van der Waals surface area (Å²) in [5, 5.41) is 9.03. The molecule has 110 valence electrons. The minimum Gasteiger partial charge on any atom is -0.478 e. The molecule has 0 atom stereocenters. The molecule has 0 saturated carbocycles. The van der Waals surface area contributed by atoms with Gasteiger partial charge in [0.2, 0.25) is 0 Å². The second kappa shape index (κ2) is 6.05. The average molecular weight is 391 g/mol. The smallest absolute Gasteiger partial charge is 0.335 e. The third-order valence-electron chi connectivity index (χ3n) is 2.58. The zero-order valence-electron chi connectivity index (χ0n) is 10.4. The van der Waals surface area contributed by atoms with Crippen LogP contribution in [0.1, 0.15) is 10.4 Å². The zero-order valence-corrected chi connectivity index (χ0v) is 13.5. The van der Waals surface area contributed by atoms with Crippen LogP contribution in [-0.2, 0) is 10.0 Å². The lowest BCUT2D eigenvalue weighted by Gasteiger charge is -2.11. The van der Waals surface area contributed by atoms with Crippen LogP contribution in [0.15, 0.2) is 51.8 Å². The summed E-state index contributed by atoms with van der Waals surface area (Å²) in [5.74, 6) is -1.15. The van der Waals surface area contributed by atoms with Crippen LogP contribution in [0.5, 0.6) is 0 Å². The molecule has 0 spiro atoms. The molecule has 0 aromatic heterocycles. The van der Waals surface area contributed by atoms with Crippen LogP contribution in [0.4, 0.5) is 5.69 Å². The molecule has 0 saturated heterocycles. The van der Waals surface area contributed by atoms with Crippen molar-refractivity contribution in [3.05, 3.63) is 57.5 Å². The SMILES string of the molecule is O=C(O)c1ccc(Br)c(NS(=O)(=O)c2ccccc2Cl)c1. The predicted molar refractivity (Wildman–Crippen MR) is 83.4 cm³/mol. The highest BCUT2D eigenvalue weighted by atomic mass is 79.9. The molecule has 0 unspecified atom stereocenters. The minimum absolute atomic E-state index is 0.0324. The molecule has 0 aliphatic rings. The Bertz CT molecular complexity index is 808. The van der Waals surface area contributed by atoms with Gasteiger partial charge in [-0.15, -0.1) is 0 Å². The number of hydrogen-bond donors (Lipinski definition) is 2. The normalized spacial score (nSPS) is 11.1. The summed E-state index contributed by atoms with van der Waals surface area (Å²) >= 11 is 9.04. The maximum atomic E-state index is 12.3. The predicted octanol–water partition coefficient (Wildman–Crippen LogP) is 3.60. The molecule has 0 radical (unpaired) electrons. The van der Waals surface area contributed by atoms with Gasteiger partial charge in [-0.2, -0.15) is 0 Å². The van der Waals surface area contributed by atoms with Gasteiger partial charge in [0.1, 0.15) is 4.90 Å². The van der Waals surface area contributed by atoms with Crippen molar-refractivity contribution in [1.82, 2.24) is 0 Å². The number of aromatic carboxylic acids is 1. The second-order valence-corrected chi connectivity index (χ2v) is 6.95. The van der Waals surface area contributed by atoms with E-state index in [9.17, 15) is 13.2 Å². The van der Waals surface area contributed by atoms with Crippen molar-refractivity contribution in [1.29, 1.82) is 0 Å². The minimum atomic E-state index is -3.91. The molecule has 2 aromatic carbocycles. The van der Waals surface area contributed by atoms with Gasteiger partial charge in [0.25, 0.3) is 10.0 Å². The van der Waals surface area contributed by atoms with Crippen LogP contribution >= 0.6 is 27.5 Å². The Kier molecular flexibility index (Phi) is 4.55. The first-order valence-electron chi connectivity index (χ1n) is 5.61. The van der Waals surface area contributed by atoms with E-state index in [0.29, 0.717) is 4.47 Å². The first-order valence-corrected chi connectivity index (χ1v) is 8.27. The molecule has 0 heterocycles. The number of halogens is 2. The van der Waals surface area contributed by atoms with Crippen LogP contribution in [-0.4, -0.2) is 19.5 Å². The van der Waals surface area contributed by atoms with Gasteiger partial charge in [-0.1, -0.05) is 23.7 Å². The van der Waals surface area contributed by atoms with Gasteiger partial charge in [-0.3, -0.25) is 4.72 Å². The maximum absolute atomic E-state index is 12.3. The van der Waals surface area contributed by atoms with E-state index < -0.39 is 16.0 Å². The summed E-state index contributed by atoms with van der Waals surface area (Å²) in [6, 6.07) is 10.0. The first kappa shape index (κ1) is 15.8. The molecule has 2 rings (SSSR count). The molecule has 0 amide bonds. The molecule has 8 heteroatoms. The summed E-state index contributed by atoms with van der Waals surface area (Å²) in [4.78, 5) is 10.9. The summed E-state index contributed by atoms with van der Waals surface area (Å²) < 4.78 is 27.3. The van der Waals surface area contributed by atoms with Crippen LogP contribution in [0, 0.1) is 0 Å². The Morgan fingerprint density at radius 2 is 1.86 bits per heavy atom. The zero-order chi connectivity index (χ0) is 15.6. The van der Waals surface area contributed by atoms with Gasteiger partial charge in [-0.25, -0.2) is 13.2 Å². The van der Waals surface area contributed by atoms with Crippen LogP contribution in [0.25, 0.3) is 0 Å². The lowest BCUT2D eigenvalue weighted by Crippen LogP contribution is -2.14. The van der Waals surface area contributed by atoms with Crippen molar-refractivity contribution in [3.63, 3.8) is 0 Å². The fraction of sp³-hybridized carbons (Fsp3) is 0. The monoisotopic (exact) mass is 389 g/mol. The fourth-order valence-corrected chi connectivity index (χ4v) is 3.67. The summed E-state index contributed by atoms with van der Waals surface area (Å²) in [6.07, 6.45) is 0. The molecule has 21 heavy (non-hydrogen) atoms. The second-order valence-electron chi connectivity index (χ2n) is 4.04. The Balaban J connectivity index is 2.44. The topological polar surface area (TPSA) is 83.5 Å². The van der Waals surface area contributed by atoms with Gasteiger partial charge < -0.3 is 5.11 Å². The molecule has 0 bridgehead atoms. The lowest BCUT2D eigenvalue weighted by atomic mass is 10.2. The third kappa shape index (κ3) is 3.55. The first-order chi connectivity index (χ1) is 9.81. The number of hydrogen-bond acceptors (Lipinski definition) is 3. The van der Waals surface area contributed by atoms with Crippen molar-refractivity contribution >= 4 is 49.2 Å². The van der Waals surface area contributed by atoms with Gasteiger partial charge in [0.15, 0.2) is 0 Å². The van der Waals surface area contributed by atoms with E-state index in [0.717, 1.165) is 0 Å². The van der Waals surface area contributed by atoms with Crippen molar-refractivity contribution in [2.24, 2.45) is 0 Å². The van der Waals surface area contributed by atoms with E-state index in [4.69, 9.17) is 16.7 Å². The van der Waals surface area contributed by atoms with Crippen LogP contribution in [0.2, 0.25) is 5.02 Å². The molecule has 0 fully saturated rings. The van der Waals surface area contributed by atoms with Crippen LogP contribution < -0.4 is 4.72 Å². The average Bonchev–Trinajstić information content (AvgIpc) is 2.41. The van der Waals surface area contributed by atoms with E-state index in [1.165, 1.54) is 30.3 Å². The van der Waals surface area contributed by atoms with E-state index in [-0.39, 0.29) is 21.2 Å². The van der Waals surface area contributed by atoms with E-state index >= 15 is 0 Å². The number of anilines is 1. The maximum Gasteiger partial charge on any atom is 0.335 e. The summed E-state index contributed by atoms with van der Waals surface area (Å²) in [6.45, 7) is 0. The standard InChI is InChI=1S/C13H9BrClNO4S/c14-9-6-5-8(13(17)18)7-11(9)16-21(19,20)12-4-2-1-3-10(12)15/h1-7,16H,(H,17,18). The molecule has 0 aliphatic heterocycles. The van der Waals surface area contributed by atoms with Crippen molar-refractivity contribution in [2.45, 2.75) is 4.90 Å². The Labute approximate surface area is 134 Å². The Hall–Kier alpha value is -1.57. The Morgan fingerprint density at radius 1 is 1.19 bits per heavy atom. The van der Waals surface area contributed by atoms with Gasteiger partial charge in [-0.05, 0) is 46.3 Å². The van der Waals surface area contributed by atoms with Crippen molar-refractivity contribution in [3.8, 4) is 0 Å². The highest BCUT2D eigenvalue weighted by Gasteiger charge is 2.19. The highest BCUT2D eigenvalue weighted by Crippen LogP contribution is 2.28. The molecular formula is C13H9BrClNO4S. The number of rotatable bonds is 4.